The molecule has 0 saturated heterocycles. The zero-order valence-electron chi connectivity index (χ0n) is 14.1. The standard InChI is InChI=1S/C20H20N4O/c1-15-6-5-9-17(12-15)14-23-20-21-11-10-18(24-20)19(25)22-13-16-7-3-2-4-8-16/h2-12H,13-14H2,1H3,(H,22,25)(H,21,23,24). The fourth-order valence-electron chi connectivity index (χ4n) is 2.44. The summed E-state index contributed by atoms with van der Waals surface area (Å²) >= 11 is 0. The van der Waals surface area contributed by atoms with E-state index >= 15 is 0 Å². The molecule has 0 aliphatic carbocycles. The van der Waals surface area contributed by atoms with E-state index in [1.54, 1.807) is 12.3 Å². The Morgan fingerprint density at radius 1 is 0.960 bits per heavy atom. The van der Waals surface area contributed by atoms with Gasteiger partial charge in [-0.15, -0.1) is 0 Å². The van der Waals surface area contributed by atoms with Crippen LogP contribution in [0.5, 0.6) is 0 Å². The lowest BCUT2D eigenvalue weighted by Gasteiger charge is -2.08. The fraction of sp³-hybridized carbons (Fsp3) is 0.150. The molecule has 0 aliphatic heterocycles. The van der Waals surface area contributed by atoms with Crippen LogP contribution >= 0.6 is 0 Å². The Bertz CT molecular complexity index is 849. The molecule has 0 spiro atoms. The number of hydrogen-bond acceptors (Lipinski definition) is 4. The van der Waals surface area contributed by atoms with Crippen molar-refractivity contribution in [2.75, 3.05) is 5.32 Å². The van der Waals surface area contributed by atoms with E-state index < -0.39 is 0 Å². The van der Waals surface area contributed by atoms with Crippen LogP contribution in [-0.4, -0.2) is 15.9 Å². The molecule has 25 heavy (non-hydrogen) atoms. The maximum atomic E-state index is 12.3. The van der Waals surface area contributed by atoms with Gasteiger partial charge in [0.15, 0.2) is 0 Å². The predicted octanol–water partition coefficient (Wildman–Crippen LogP) is 3.33. The van der Waals surface area contributed by atoms with Gasteiger partial charge in [-0.3, -0.25) is 4.79 Å². The first-order chi connectivity index (χ1) is 12.2. The van der Waals surface area contributed by atoms with Crippen molar-refractivity contribution in [3.05, 3.63) is 89.2 Å². The Balaban J connectivity index is 1.59. The summed E-state index contributed by atoms with van der Waals surface area (Å²) in [6.07, 6.45) is 1.59. The van der Waals surface area contributed by atoms with E-state index in [0.29, 0.717) is 24.7 Å². The van der Waals surface area contributed by atoms with Crippen molar-refractivity contribution in [1.82, 2.24) is 15.3 Å². The lowest BCUT2D eigenvalue weighted by molar-refractivity contribution is 0.0946. The Hall–Kier alpha value is -3.21. The second-order valence-corrected chi connectivity index (χ2v) is 5.78. The smallest absolute Gasteiger partial charge is 0.270 e. The predicted molar refractivity (Wildman–Crippen MR) is 98.1 cm³/mol. The zero-order valence-corrected chi connectivity index (χ0v) is 14.1. The maximum Gasteiger partial charge on any atom is 0.270 e. The van der Waals surface area contributed by atoms with Crippen LogP contribution < -0.4 is 10.6 Å². The molecule has 1 amide bonds. The van der Waals surface area contributed by atoms with Gasteiger partial charge in [0.1, 0.15) is 5.69 Å². The molecule has 0 saturated carbocycles. The topological polar surface area (TPSA) is 66.9 Å². The molecule has 5 heteroatoms. The summed E-state index contributed by atoms with van der Waals surface area (Å²) in [6.45, 7) is 3.13. The summed E-state index contributed by atoms with van der Waals surface area (Å²) < 4.78 is 0. The molecule has 0 bridgehead atoms. The Kier molecular flexibility index (Phi) is 5.36. The molecule has 0 fully saturated rings. The van der Waals surface area contributed by atoms with E-state index in [1.165, 1.54) is 5.56 Å². The number of carbonyl (C=O) groups is 1. The number of benzene rings is 2. The third-order valence-electron chi connectivity index (χ3n) is 3.72. The van der Waals surface area contributed by atoms with Crippen LogP contribution in [0.4, 0.5) is 5.95 Å². The molecular weight excluding hydrogens is 312 g/mol. The molecule has 2 N–H and O–H groups in total. The van der Waals surface area contributed by atoms with Gasteiger partial charge in [-0.25, -0.2) is 9.97 Å². The molecule has 1 aromatic heterocycles. The lowest BCUT2D eigenvalue weighted by atomic mass is 10.1. The first kappa shape index (κ1) is 16.6. The summed E-state index contributed by atoms with van der Waals surface area (Å²) in [7, 11) is 0. The number of anilines is 1. The summed E-state index contributed by atoms with van der Waals surface area (Å²) in [4.78, 5) is 20.7. The number of aryl methyl sites for hydroxylation is 1. The van der Waals surface area contributed by atoms with E-state index in [0.717, 1.165) is 11.1 Å². The molecule has 3 rings (SSSR count). The highest BCUT2D eigenvalue weighted by Gasteiger charge is 2.08. The summed E-state index contributed by atoms with van der Waals surface area (Å²) in [6, 6.07) is 19.6. The Morgan fingerprint density at radius 2 is 1.76 bits per heavy atom. The van der Waals surface area contributed by atoms with Crippen LogP contribution in [0.2, 0.25) is 0 Å². The number of aromatic nitrogens is 2. The van der Waals surface area contributed by atoms with Gasteiger partial charge in [0.05, 0.1) is 0 Å². The van der Waals surface area contributed by atoms with Gasteiger partial charge in [-0.2, -0.15) is 0 Å². The monoisotopic (exact) mass is 332 g/mol. The third-order valence-corrected chi connectivity index (χ3v) is 3.72. The Labute approximate surface area is 147 Å². The molecular formula is C20H20N4O. The zero-order chi connectivity index (χ0) is 17.5. The second-order valence-electron chi connectivity index (χ2n) is 5.78. The van der Waals surface area contributed by atoms with Gasteiger partial charge in [0, 0.05) is 19.3 Å². The largest absolute Gasteiger partial charge is 0.350 e. The minimum absolute atomic E-state index is 0.218. The number of carbonyl (C=O) groups excluding carboxylic acids is 1. The van der Waals surface area contributed by atoms with Crippen molar-refractivity contribution in [1.29, 1.82) is 0 Å². The van der Waals surface area contributed by atoms with E-state index in [-0.39, 0.29) is 5.91 Å². The van der Waals surface area contributed by atoms with Crippen molar-refractivity contribution in [2.45, 2.75) is 20.0 Å². The third kappa shape index (κ3) is 4.88. The molecule has 5 nitrogen and oxygen atoms in total. The van der Waals surface area contributed by atoms with Crippen molar-refractivity contribution >= 4 is 11.9 Å². The molecule has 2 aromatic carbocycles. The van der Waals surface area contributed by atoms with Gasteiger partial charge in [0.25, 0.3) is 5.91 Å². The maximum absolute atomic E-state index is 12.3. The van der Waals surface area contributed by atoms with Gasteiger partial charge < -0.3 is 10.6 Å². The van der Waals surface area contributed by atoms with Crippen molar-refractivity contribution in [2.24, 2.45) is 0 Å². The summed E-state index contributed by atoms with van der Waals surface area (Å²) in [5.41, 5.74) is 3.73. The highest BCUT2D eigenvalue weighted by molar-refractivity contribution is 5.92. The first-order valence-corrected chi connectivity index (χ1v) is 8.15. The van der Waals surface area contributed by atoms with Crippen molar-refractivity contribution < 1.29 is 4.79 Å². The highest BCUT2D eigenvalue weighted by atomic mass is 16.1. The van der Waals surface area contributed by atoms with Crippen molar-refractivity contribution in [3.8, 4) is 0 Å². The first-order valence-electron chi connectivity index (χ1n) is 8.15. The van der Waals surface area contributed by atoms with Crippen LogP contribution in [0.15, 0.2) is 66.9 Å². The molecule has 3 aromatic rings. The highest BCUT2D eigenvalue weighted by Crippen LogP contribution is 2.07. The quantitative estimate of drug-likeness (QED) is 0.726. The van der Waals surface area contributed by atoms with E-state index in [2.05, 4.69) is 39.7 Å². The summed E-state index contributed by atoms with van der Waals surface area (Å²) in [5, 5.41) is 6.02. The fourth-order valence-corrected chi connectivity index (χ4v) is 2.44. The van der Waals surface area contributed by atoms with E-state index in [4.69, 9.17) is 0 Å². The van der Waals surface area contributed by atoms with E-state index in [9.17, 15) is 4.79 Å². The molecule has 0 atom stereocenters. The van der Waals surface area contributed by atoms with Crippen molar-refractivity contribution in [3.63, 3.8) is 0 Å². The Morgan fingerprint density at radius 3 is 2.56 bits per heavy atom. The van der Waals surface area contributed by atoms with Crippen LogP contribution in [0, 0.1) is 6.92 Å². The van der Waals surface area contributed by atoms with Gasteiger partial charge in [0.2, 0.25) is 5.95 Å². The SMILES string of the molecule is Cc1cccc(CNc2nccc(C(=O)NCc3ccccc3)n2)c1. The van der Waals surface area contributed by atoms with Gasteiger partial charge in [-0.1, -0.05) is 60.2 Å². The van der Waals surface area contributed by atoms with E-state index in [1.807, 2.05) is 42.5 Å². The average Bonchev–Trinajstić information content (AvgIpc) is 2.65. The van der Waals surface area contributed by atoms with Gasteiger partial charge in [-0.05, 0) is 24.1 Å². The van der Waals surface area contributed by atoms with Gasteiger partial charge >= 0.3 is 0 Å². The lowest BCUT2D eigenvalue weighted by Crippen LogP contribution is -2.24. The van der Waals surface area contributed by atoms with Crippen LogP contribution in [-0.2, 0) is 13.1 Å². The summed E-state index contributed by atoms with van der Waals surface area (Å²) in [5.74, 6) is 0.221. The molecule has 0 unspecified atom stereocenters. The van der Waals surface area contributed by atoms with Crippen LogP contribution in [0.25, 0.3) is 0 Å². The number of rotatable bonds is 6. The minimum atomic E-state index is -0.218. The normalized spacial score (nSPS) is 10.3. The number of nitrogens with one attached hydrogen (secondary N) is 2. The number of amides is 1. The number of hydrogen-bond donors (Lipinski definition) is 2. The average molecular weight is 332 g/mol. The van der Waals surface area contributed by atoms with Crippen LogP contribution in [0.1, 0.15) is 27.2 Å². The minimum Gasteiger partial charge on any atom is -0.350 e. The molecule has 1 heterocycles. The van der Waals surface area contributed by atoms with Crippen LogP contribution in [0.3, 0.4) is 0 Å². The molecule has 0 aliphatic rings. The molecule has 0 radical (unpaired) electrons. The molecule has 126 valence electrons. The second kappa shape index (κ2) is 8.06. The number of nitrogens with zero attached hydrogens (tertiary/aromatic N) is 2.